The molecule has 0 fully saturated rings. The van der Waals surface area contributed by atoms with Crippen molar-refractivity contribution in [1.29, 1.82) is 0 Å². The zero-order valence-corrected chi connectivity index (χ0v) is 18.5. The molecule has 0 radical (unpaired) electrons. The van der Waals surface area contributed by atoms with Crippen molar-refractivity contribution in [2.24, 2.45) is 0 Å². The summed E-state index contributed by atoms with van der Waals surface area (Å²) in [4.78, 5) is 46.4. The van der Waals surface area contributed by atoms with Gasteiger partial charge >= 0.3 is 5.97 Å². The van der Waals surface area contributed by atoms with Crippen molar-refractivity contribution in [3.8, 4) is 5.75 Å². The maximum Gasteiger partial charge on any atom is 0.347 e. The Morgan fingerprint density at radius 1 is 1.00 bits per heavy atom. The second kappa shape index (κ2) is 14.1. The van der Waals surface area contributed by atoms with Gasteiger partial charge in [-0.15, -0.1) is 0 Å². The zero-order valence-electron chi connectivity index (χ0n) is 18.5. The van der Waals surface area contributed by atoms with E-state index in [0.717, 1.165) is 6.08 Å². The van der Waals surface area contributed by atoms with Gasteiger partial charge < -0.3 is 20.5 Å². The van der Waals surface area contributed by atoms with Gasteiger partial charge in [0.2, 0.25) is 18.0 Å². The fourth-order valence-electron chi connectivity index (χ4n) is 2.49. The molecule has 0 saturated heterocycles. The van der Waals surface area contributed by atoms with E-state index in [1.807, 2.05) is 13.8 Å². The summed E-state index contributed by atoms with van der Waals surface area (Å²) in [5, 5.41) is 13.3. The number of benzene rings is 2. The SMILES string of the molecule is C=CC(=O)NC(NC(=O)CCCOc1ccc(C(=O)c2ccc(F)cc2)cc1)C(=O)O.CC. The molecule has 0 aliphatic rings. The maximum absolute atomic E-state index is 13.0. The highest BCUT2D eigenvalue weighted by atomic mass is 19.1. The van der Waals surface area contributed by atoms with E-state index in [4.69, 9.17) is 9.84 Å². The van der Waals surface area contributed by atoms with Crippen LogP contribution in [-0.2, 0) is 14.4 Å². The number of aliphatic carboxylic acids is 1. The molecule has 1 atom stereocenters. The van der Waals surface area contributed by atoms with Crippen molar-refractivity contribution in [1.82, 2.24) is 10.6 Å². The highest BCUT2D eigenvalue weighted by molar-refractivity contribution is 6.09. The Kier molecular flexibility index (Phi) is 11.6. The molecule has 2 rings (SSSR count). The zero-order chi connectivity index (χ0) is 24.8. The van der Waals surface area contributed by atoms with Crippen molar-refractivity contribution in [3.63, 3.8) is 0 Å². The van der Waals surface area contributed by atoms with Gasteiger partial charge in [0.15, 0.2) is 5.78 Å². The van der Waals surface area contributed by atoms with Crippen LogP contribution in [0, 0.1) is 5.82 Å². The number of amides is 2. The van der Waals surface area contributed by atoms with Crippen LogP contribution in [0.25, 0.3) is 0 Å². The first kappa shape index (κ1) is 27.0. The number of nitrogens with one attached hydrogen (secondary N) is 2. The lowest BCUT2D eigenvalue weighted by Gasteiger charge is -2.15. The van der Waals surface area contributed by atoms with E-state index in [-0.39, 0.29) is 18.8 Å². The van der Waals surface area contributed by atoms with Gasteiger partial charge in [0, 0.05) is 17.5 Å². The van der Waals surface area contributed by atoms with Gasteiger partial charge in [0.05, 0.1) is 6.61 Å². The van der Waals surface area contributed by atoms with Gasteiger partial charge in [-0.1, -0.05) is 20.4 Å². The van der Waals surface area contributed by atoms with Crippen LogP contribution >= 0.6 is 0 Å². The number of ketones is 1. The van der Waals surface area contributed by atoms with Crippen molar-refractivity contribution in [2.45, 2.75) is 32.9 Å². The molecule has 2 aromatic carbocycles. The number of carboxylic acids is 1. The van der Waals surface area contributed by atoms with Crippen LogP contribution in [0.3, 0.4) is 0 Å². The average molecular weight is 458 g/mol. The minimum atomic E-state index is -1.55. The molecule has 0 heterocycles. The second-order valence-electron chi connectivity index (χ2n) is 6.36. The predicted octanol–water partition coefficient (Wildman–Crippen LogP) is 3.07. The number of carboxylic acid groups (broad SMARTS) is 1. The Labute approximate surface area is 191 Å². The highest BCUT2D eigenvalue weighted by Gasteiger charge is 2.20. The molecule has 0 spiro atoms. The number of hydrogen-bond donors (Lipinski definition) is 3. The van der Waals surface area contributed by atoms with Gasteiger partial charge in [-0.05, 0) is 61.0 Å². The fraction of sp³-hybridized carbons (Fsp3) is 0.250. The molecule has 33 heavy (non-hydrogen) atoms. The third-order valence-corrected chi connectivity index (χ3v) is 4.06. The summed E-state index contributed by atoms with van der Waals surface area (Å²) < 4.78 is 18.5. The van der Waals surface area contributed by atoms with Crippen LogP contribution in [0.5, 0.6) is 5.75 Å². The Balaban J connectivity index is 0.00000265. The molecule has 0 aliphatic heterocycles. The molecule has 0 aliphatic carbocycles. The van der Waals surface area contributed by atoms with Gasteiger partial charge in [-0.3, -0.25) is 14.4 Å². The molecule has 0 aromatic heterocycles. The first-order chi connectivity index (χ1) is 15.8. The van der Waals surface area contributed by atoms with Crippen LogP contribution in [0.15, 0.2) is 61.2 Å². The van der Waals surface area contributed by atoms with E-state index in [2.05, 4.69) is 17.2 Å². The first-order valence-electron chi connectivity index (χ1n) is 10.3. The minimum Gasteiger partial charge on any atom is -0.494 e. The molecule has 176 valence electrons. The summed E-state index contributed by atoms with van der Waals surface area (Å²) in [6.45, 7) is 7.38. The maximum atomic E-state index is 13.0. The predicted molar refractivity (Wildman–Crippen MR) is 120 cm³/mol. The van der Waals surface area contributed by atoms with Crippen molar-refractivity contribution in [2.75, 3.05) is 6.61 Å². The Morgan fingerprint density at radius 3 is 2.06 bits per heavy atom. The largest absolute Gasteiger partial charge is 0.494 e. The van der Waals surface area contributed by atoms with Crippen LogP contribution < -0.4 is 15.4 Å². The lowest BCUT2D eigenvalue weighted by molar-refractivity contribution is -0.144. The summed E-state index contributed by atoms with van der Waals surface area (Å²) in [6, 6.07) is 11.6. The summed E-state index contributed by atoms with van der Waals surface area (Å²) in [7, 11) is 0. The van der Waals surface area contributed by atoms with Crippen LogP contribution in [-0.4, -0.2) is 41.4 Å². The highest BCUT2D eigenvalue weighted by Crippen LogP contribution is 2.16. The quantitative estimate of drug-likeness (QED) is 0.206. The Morgan fingerprint density at radius 2 is 1.55 bits per heavy atom. The molecule has 0 saturated carbocycles. The van der Waals surface area contributed by atoms with E-state index in [0.29, 0.717) is 23.3 Å². The summed E-state index contributed by atoms with van der Waals surface area (Å²) in [6.07, 6.45) is -0.377. The van der Waals surface area contributed by atoms with E-state index in [1.165, 1.54) is 24.3 Å². The molecule has 8 nitrogen and oxygen atoms in total. The van der Waals surface area contributed by atoms with Crippen molar-refractivity contribution < 1.29 is 33.4 Å². The van der Waals surface area contributed by atoms with Crippen molar-refractivity contribution >= 4 is 23.6 Å². The molecule has 2 aromatic rings. The number of rotatable bonds is 11. The standard InChI is InChI=1S/C22H21FN2O6.C2H6/c1-2-18(26)24-21(22(29)30)25-19(27)4-3-13-31-17-11-7-15(8-12-17)20(28)14-5-9-16(23)10-6-14;1-2/h2,5-12,21H,1,3-4,13H2,(H,24,26)(H,25,27)(H,29,30);1-2H3. The van der Waals surface area contributed by atoms with Crippen LogP contribution in [0.2, 0.25) is 0 Å². The molecule has 9 heteroatoms. The third-order valence-electron chi connectivity index (χ3n) is 4.06. The number of ether oxygens (including phenoxy) is 1. The van der Waals surface area contributed by atoms with E-state index in [9.17, 15) is 23.6 Å². The first-order valence-corrected chi connectivity index (χ1v) is 10.3. The lowest BCUT2D eigenvalue weighted by Crippen LogP contribution is -2.52. The molecular weight excluding hydrogens is 431 g/mol. The van der Waals surface area contributed by atoms with Gasteiger partial charge in [-0.2, -0.15) is 0 Å². The summed E-state index contributed by atoms with van der Waals surface area (Å²) in [5.41, 5.74) is 0.782. The number of hydrogen-bond acceptors (Lipinski definition) is 5. The van der Waals surface area contributed by atoms with Gasteiger partial charge in [0.25, 0.3) is 0 Å². The van der Waals surface area contributed by atoms with Crippen molar-refractivity contribution in [3.05, 3.63) is 78.1 Å². The lowest BCUT2D eigenvalue weighted by atomic mass is 10.0. The summed E-state index contributed by atoms with van der Waals surface area (Å²) in [5.74, 6) is -2.89. The smallest absolute Gasteiger partial charge is 0.347 e. The molecule has 0 bridgehead atoms. The molecule has 3 N–H and O–H groups in total. The fourth-order valence-corrected chi connectivity index (χ4v) is 2.49. The van der Waals surface area contributed by atoms with E-state index < -0.39 is 29.8 Å². The second-order valence-corrected chi connectivity index (χ2v) is 6.36. The molecule has 1 unspecified atom stereocenters. The van der Waals surface area contributed by atoms with Gasteiger partial charge in [0.1, 0.15) is 11.6 Å². The van der Waals surface area contributed by atoms with Crippen LogP contribution in [0.1, 0.15) is 42.6 Å². The molecular formula is C24H27FN2O6. The Hall–Kier alpha value is -4.01. The van der Waals surface area contributed by atoms with Gasteiger partial charge in [-0.25, -0.2) is 9.18 Å². The summed E-state index contributed by atoms with van der Waals surface area (Å²) >= 11 is 0. The minimum absolute atomic E-state index is 0.0190. The number of halogens is 1. The Bertz CT molecular complexity index is 958. The monoisotopic (exact) mass is 458 g/mol. The third kappa shape index (κ3) is 9.34. The van der Waals surface area contributed by atoms with E-state index >= 15 is 0 Å². The topological polar surface area (TPSA) is 122 Å². The van der Waals surface area contributed by atoms with E-state index in [1.54, 1.807) is 24.3 Å². The average Bonchev–Trinajstić information content (AvgIpc) is 2.83. The molecule has 2 amide bonds. The van der Waals surface area contributed by atoms with Crippen LogP contribution in [0.4, 0.5) is 4.39 Å². The normalized spacial score (nSPS) is 10.6. The number of carbonyl (C=O) groups excluding carboxylic acids is 3. The number of carbonyl (C=O) groups is 4.